The maximum Gasteiger partial charge on any atom is 0.191 e. The standard InChI is InChI=1S/C12H14FN3O/c1-4-16-6-5-10(17)8-7-9(13)12(15(2)3)14-11(8)16/h5-7H,4H2,1-3H3. The van der Waals surface area contributed by atoms with Crippen molar-refractivity contribution >= 4 is 16.9 Å². The number of anilines is 1. The summed E-state index contributed by atoms with van der Waals surface area (Å²) in [6.07, 6.45) is 1.68. The Morgan fingerprint density at radius 2 is 2.18 bits per heavy atom. The maximum absolute atomic E-state index is 13.7. The molecule has 0 aliphatic carbocycles. The molecule has 0 unspecified atom stereocenters. The van der Waals surface area contributed by atoms with Crippen LogP contribution in [0.3, 0.4) is 0 Å². The van der Waals surface area contributed by atoms with E-state index in [4.69, 9.17) is 0 Å². The molecule has 0 radical (unpaired) electrons. The third kappa shape index (κ3) is 1.88. The molecule has 90 valence electrons. The third-order valence-electron chi connectivity index (χ3n) is 2.65. The summed E-state index contributed by atoms with van der Waals surface area (Å²) in [4.78, 5) is 17.5. The van der Waals surface area contributed by atoms with Crippen LogP contribution >= 0.6 is 0 Å². The number of nitrogens with zero attached hydrogens (tertiary/aromatic N) is 3. The zero-order chi connectivity index (χ0) is 12.6. The molecule has 0 amide bonds. The molecule has 5 heteroatoms. The van der Waals surface area contributed by atoms with Crippen molar-refractivity contribution in [3.63, 3.8) is 0 Å². The molecule has 0 bridgehead atoms. The molecule has 0 fully saturated rings. The fourth-order valence-electron chi connectivity index (χ4n) is 1.76. The molecule has 2 heterocycles. The van der Waals surface area contributed by atoms with Gasteiger partial charge in [0.05, 0.1) is 5.39 Å². The van der Waals surface area contributed by atoms with Crippen molar-refractivity contribution in [3.05, 3.63) is 34.4 Å². The van der Waals surface area contributed by atoms with E-state index in [9.17, 15) is 9.18 Å². The second-order valence-electron chi connectivity index (χ2n) is 4.03. The highest BCUT2D eigenvalue weighted by molar-refractivity contribution is 5.77. The van der Waals surface area contributed by atoms with Crippen molar-refractivity contribution < 1.29 is 4.39 Å². The molecule has 2 aromatic heterocycles. The largest absolute Gasteiger partial charge is 0.360 e. The van der Waals surface area contributed by atoms with Gasteiger partial charge in [0.1, 0.15) is 5.65 Å². The Balaban J connectivity index is 2.87. The quantitative estimate of drug-likeness (QED) is 0.794. The number of hydrogen-bond acceptors (Lipinski definition) is 3. The number of hydrogen-bond donors (Lipinski definition) is 0. The van der Waals surface area contributed by atoms with Gasteiger partial charge in [0.2, 0.25) is 0 Å². The first-order chi connectivity index (χ1) is 8.04. The minimum atomic E-state index is -0.478. The summed E-state index contributed by atoms with van der Waals surface area (Å²) in [5.41, 5.74) is 0.312. The van der Waals surface area contributed by atoms with E-state index in [0.717, 1.165) is 0 Å². The number of rotatable bonds is 2. The van der Waals surface area contributed by atoms with Crippen molar-refractivity contribution in [2.45, 2.75) is 13.5 Å². The number of aromatic nitrogens is 2. The molecule has 4 nitrogen and oxygen atoms in total. The van der Waals surface area contributed by atoms with Gasteiger partial charge in [-0.15, -0.1) is 0 Å². The zero-order valence-corrected chi connectivity index (χ0v) is 10.1. The number of aryl methyl sites for hydroxylation is 1. The Morgan fingerprint density at radius 1 is 1.47 bits per heavy atom. The smallest absolute Gasteiger partial charge is 0.191 e. The van der Waals surface area contributed by atoms with E-state index in [1.807, 2.05) is 11.5 Å². The van der Waals surface area contributed by atoms with E-state index >= 15 is 0 Å². The lowest BCUT2D eigenvalue weighted by atomic mass is 10.2. The molecule has 0 saturated carbocycles. The van der Waals surface area contributed by atoms with Gasteiger partial charge < -0.3 is 9.47 Å². The normalized spacial score (nSPS) is 10.8. The van der Waals surface area contributed by atoms with E-state index in [1.165, 1.54) is 12.1 Å². The topological polar surface area (TPSA) is 38.1 Å². The van der Waals surface area contributed by atoms with Gasteiger partial charge >= 0.3 is 0 Å². The van der Waals surface area contributed by atoms with Crippen LogP contribution in [0.1, 0.15) is 6.92 Å². The van der Waals surface area contributed by atoms with E-state index in [0.29, 0.717) is 17.6 Å². The first kappa shape index (κ1) is 11.6. The average molecular weight is 235 g/mol. The molecule has 0 saturated heterocycles. The van der Waals surface area contributed by atoms with Crippen LogP contribution in [-0.2, 0) is 6.54 Å². The van der Waals surface area contributed by atoms with Crippen LogP contribution in [0, 0.1) is 5.82 Å². The minimum Gasteiger partial charge on any atom is -0.360 e. The monoisotopic (exact) mass is 235 g/mol. The van der Waals surface area contributed by atoms with Crippen LogP contribution in [0.4, 0.5) is 10.2 Å². The molecule has 17 heavy (non-hydrogen) atoms. The van der Waals surface area contributed by atoms with Gasteiger partial charge in [-0.05, 0) is 13.0 Å². The third-order valence-corrected chi connectivity index (χ3v) is 2.65. The lowest BCUT2D eigenvalue weighted by Crippen LogP contribution is -2.16. The summed E-state index contributed by atoms with van der Waals surface area (Å²) in [7, 11) is 3.43. The summed E-state index contributed by atoms with van der Waals surface area (Å²) in [5, 5.41) is 0.317. The van der Waals surface area contributed by atoms with Gasteiger partial charge in [0, 0.05) is 32.9 Å². The zero-order valence-electron chi connectivity index (χ0n) is 10.1. The van der Waals surface area contributed by atoms with E-state index in [-0.39, 0.29) is 11.2 Å². The average Bonchev–Trinajstić information content (AvgIpc) is 2.29. The molecule has 0 spiro atoms. The molecule has 0 aliphatic heterocycles. The highest BCUT2D eigenvalue weighted by atomic mass is 19.1. The summed E-state index contributed by atoms with van der Waals surface area (Å²) in [5.74, 6) is -0.237. The molecule has 0 N–H and O–H groups in total. The predicted molar refractivity (Wildman–Crippen MR) is 66.0 cm³/mol. The van der Waals surface area contributed by atoms with E-state index in [1.54, 1.807) is 25.2 Å². The molecule has 2 aromatic rings. The molecule has 2 rings (SSSR count). The van der Waals surface area contributed by atoms with Gasteiger partial charge in [-0.1, -0.05) is 0 Å². The van der Waals surface area contributed by atoms with Crippen LogP contribution in [0.25, 0.3) is 11.0 Å². The van der Waals surface area contributed by atoms with Gasteiger partial charge in [-0.2, -0.15) is 0 Å². The summed E-state index contributed by atoms with van der Waals surface area (Å²) in [6.45, 7) is 2.63. The summed E-state index contributed by atoms with van der Waals surface area (Å²) < 4.78 is 15.6. The molecule has 0 aliphatic rings. The first-order valence-electron chi connectivity index (χ1n) is 5.41. The second-order valence-corrected chi connectivity index (χ2v) is 4.03. The van der Waals surface area contributed by atoms with Crippen molar-refractivity contribution in [1.29, 1.82) is 0 Å². The lowest BCUT2D eigenvalue weighted by Gasteiger charge is -2.14. The van der Waals surface area contributed by atoms with Gasteiger partial charge in [-0.3, -0.25) is 4.79 Å². The number of halogens is 1. The van der Waals surface area contributed by atoms with Crippen LogP contribution in [0.5, 0.6) is 0 Å². The van der Waals surface area contributed by atoms with Crippen LogP contribution in [0.2, 0.25) is 0 Å². The van der Waals surface area contributed by atoms with E-state index in [2.05, 4.69) is 4.98 Å². The maximum atomic E-state index is 13.7. The van der Waals surface area contributed by atoms with Gasteiger partial charge in [0.15, 0.2) is 17.1 Å². The van der Waals surface area contributed by atoms with E-state index < -0.39 is 5.82 Å². The highest BCUT2D eigenvalue weighted by Gasteiger charge is 2.11. The fraction of sp³-hybridized carbons (Fsp3) is 0.333. The number of pyridine rings is 2. The highest BCUT2D eigenvalue weighted by Crippen LogP contribution is 2.18. The Labute approximate surface area is 98.3 Å². The Kier molecular flexibility index (Phi) is 2.83. The second kappa shape index (κ2) is 4.16. The fourth-order valence-corrected chi connectivity index (χ4v) is 1.76. The summed E-state index contributed by atoms with van der Waals surface area (Å²) in [6, 6.07) is 2.69. The Morgan fingerprint density at radius 3 is 2.76 bits per heavy atom. The molecular formula is C12H14FN3O. The van der Waals surface area contributed by atoms with Crippen molar-refractivity contribution in [2.75, 3.05) is 19.0 Å². The first-order valence-corrected chi connectivity index (χ1v) is 5.41. The van der Waals surface area contributed by atoms with Crippen LogP contribution in [0.15, 0.2) is 23.1 Å². The SMILES string of the molecule is CCn1ccc(=O)c2cc(F)c(N(C)C)nc21. The lowest BCUT2D eigenvalue weighted by molar-refractivity contribution is 0.620. The van der Waals surface area contributed by atoms with Gasteiger partial charge in [-0.25, -0.2) is 9.37 Å². The summed E-state index contributed by atoms with van der Waals surface area (Å²) >= 11 is 0. The predicted octanol–water partition coefficient (Wildman–Crippen LogP) is 1.62. The van der Waals surface area contributed by atoms with Crippen molar-refractivity contribution in [2.24, 2.45) is 0 Å². The van der Waals surface area contributed by atoms with Crippen molar-refractivity contribution in [1.82, 2.24) is 9.55 Å². The Hall–Kier alpha value is -1.91. The van der Waals surface area contributed by atoms with Crippen molar-refractivity contribution in [3.8, 4) is 0 Å². The molecular weight excluding hydrogens is 221 g/mol. The molecule has 0 aromatic carbocycles. The number of fused-ring (bicyclic) bond motifs is 1. The molecule has 0 atom stereocenters. The Bertz CT molecular complexity index is 619. The van der Waals surface area contributed by atoms with Crippen LogP contribution in [-0.4, -0.2) is 23.6 Å². The minimum absolute atomic E-state index is 0.207. The van der Waals surface area contributed by atoms with Gasteiger partial charge in [0.25, 0.3) is 0 Å². The van der Waals surface area contributed by atoms with Crippen LogP contribution < -0.4 is 10.3 Å².